The van der Waals surface area contributed by atoms with Crippen molar-refractivity contribution >= 4 is 81.8 Å². The van der Waals surface area contributed by atoms with E-state index < -0.39 is 121 Å². The molecule has 0 bridgehead atoms. The monoisotopic (exact) mass is 1020 g/mol. The van der Waals surface area contributed by atoms with Gasteiger partial charge in [0.25, 0.3) is 11.8 Å². The average molecular weight is 1020 g/mol. The molecule has 1 aromatic carbocycles. The zero-order valence-corrected chi connectivity index (χ0v) is 40.6. The molecule has 3 heterocycles. The van der Waals surface area contributed by atoms with E-state index >= 15 is 0 Å². The summed E-state index contributed by atoms with van der Waals surface area (Å²) in [6, 6.07) is -4.03. The van der Waals surface area contributed by atoms with E-state index in [9.17, 15) is 61.0 Å². The van der Waals surface area contributed by atoms with E-state index in [0.29, 0.717) is 10.6 Å². The summed E-state index contributed by atoms with van der Waals surface area (Å²) in [4.78, 5) is 117. The first-order chi connectivity index (χ1) is 31.7. The van der Waals surface area contributed by atoms with E-state index in [-0.39, 0.29) is 73.7 Å². The standard InChI is InChI=1S/C43H57Cl2F4N9O9S/c1-22(2)15-29-40(65)57(6)32(17-24-16-25(44)10-11-27(24)45)37(62)53-23(3)34(59)50-13-8-7-9-31(36(61)55-29)56(5)39(64)28(12-14-51-35(60)30-20-68-21-52-30)54-38(63)33-18-26(46)19-58(33)41(66)42(4,67)43(47,48)49/h10-11,16,20-23,26,28-29,31-33,67H,7-9,12-15,17-19H2,1-6H3,(H,50,59)(H,51,60)(H,53,62)(H,54,63)(H,55,61)/t23-,26-,28+,29+,31+,32+,33+,42-/m1/s1. The average Bonchev–Trinajstić information content (AvgIpc) is 3.95. The molecule has 18 nitrogen and oxygen atoms in total. The fraction of sp³-hybridized carbons (Fsp3) is 0.605. The van der Waals surface area contributed by atoms with E-state index in [4.69, 9.17) is 23.2 Å². The van der Waals surface area contributed by atoms with Crippen LogP contribution in [0.4, 0.5) is 17.6 Å². The summed E-state index contributed by atoms with van der Waals surface area (Å²) in [5.41, 5.74) is -2.15. The number of hydrogen-bond donors (Lipinski definition) is 6. The van der Waals surface area contributed by atoms with Crippen LogP contribution in [0.1, 0.15) is 82.3 Å². The maximum absolute atomic E-state index is 14.8. The van der Waals surface area contributed by atoms with Gasteiger partial charge in [0.15, 0.2) is 0 Å². The quantitative estimate of drug-likeness (QED) is 0.160. The predicted molar refractivity (Wildman–Crippen MR) is 242 cm³/mol. The Morgan fingerprint density at radius 1 is 1.06 bits per heavy atom. The fourth-order valence-corrected chi connectivity index (χ4v) is 8.63. The van der Waals surface area contributed by atoms with Gasteiger partial charge < -0.3 is 46.4 Å². The van der Waals surface area contributed by atoms with Crippen molar-refractivity contribution in [3.63, 3.8) is 0 Å². The minimum absolute atomic E-state index is 0.0366. The van der Waals surface area contributed by atoms with E-state index in [2.05, 4.69) is 31.6 Å². The number of nitrogens with one attached hydrogen (secondary N) is 5. The number of rotatable bonds is 13. The lowest BCUT2D eigenvalue weighted by Crippen LogP contribution is -2.61. The molecule has 0 unspecified atom stereocenters. The summed E-state index contributed by atoms with van der Waals surface area (Å²) < 4.78 is 56.0. The number of halogens is 6. The van der Waals surface area contributed by atoms with Gasteiger partial charge in [-0.25, -0.2) is 9.37 Å². The molecular formula is C43H57Cl2F4N9O9S. The third kappa shape index (κ3) is 14.2. The number of benzene rings is 1. The molecule has 1 aromatic heterocycles. The lowest BCUT2D eigenvalue weighted by Gasteiger charge is -2.35. The molecular weight excluding hydrogens is 965 g/mol. The van der Waals surface area contributed by atoms with Crippen molar-refractivity contribution in [2.24, 2.45) is 5.92 Å². The molecule has 68 heavy (non-hydrogen) atoms. The Bertz CT molecular complexity index is 2170. The normalized spacial score (nSPS) is 23.8. The lowest BCUT2D eigenvalue weighted by molar-refractivity contribution is -0.250. The minimum Gasteiger partial charge on any atom is -0.373 e. The van der Waals surface area contributed by atoms with Gasteiger partial charge in [-0.3, -0.25) is 38.4 Å². The van der Waals surface area contributed by atoms with Crippen LogP contribution in [-0.2, 0) is 40.0 Å². The second kappa shape index (κ2) is 23.9. The van der Waals surface area contributed by atoms with Crippen molar-refractivity contribution in [1.29, 1.82) is 0 Å². The number of carbonyl (C=O) groups excluding carboxylic acids is 8. The molecule has 376 valence electrons. The number of aromatic nitrogens is 1. The van der Waals surface area contributed by atoms with Crippen molar-refractivity contribution < 1.29 is 61.0 Å². The SMILES string of the molecule is CC(C)C[C@@H]1NC(=O)[C@@H](N(C)C(=O)[C@H](CCNC(=O)c2cscn2)NC(=O)[C@@H]2C[C@@H](F)CN2C(=O)[C@@](C)(O)C(F)(F)F)CCCCNC(=O)[C@@H](C)NC(=O)[C@H](Cc2cc(Cl)ccc2Cl)N(C)C1=O. The number of hydrogen-bond acceptors (Lipinski definition) is 11. The molecule has 0 spiro atoms. The Morgan fingerprint density at radius 2 is 1.75 bits per heavy atom. The smallest absolute Gasteiger partial charge is 0.373 e. The molecule has 8 amide bonds. The number of likely N-dealkylation sites (tertiary alicyclic amines) is 1. The summed E-state index contributed by atoms with van der Waals surface area (Å²) in [5.74, 6) is -7.90. The Labute approximate surface area is 404 Å². The highest BCUT2D eigenvalue weighted by Gasteiger charge is 2.59. The van der Waals surface area contributed by atoms with Gasteiger partial charge in [-0.05, 0) is 75.6 Å². The van der Waals surface area contributed by atoms with Crippen molar-refractivity contribution in [2.75, 3.05) is 33.7 Å². The third-order valence-electron chi connectivity index (χ3n) is 11.7. The van der Waals surface area contributed by atoms with Crippen LogP contribution in [0, 0.1) is 5.92 Å². The van der Waals surface area contributed by atoms with Gasteiger partial charge in [-0.2, -0.15) is 13.2 Å². The molecule has 25 heteroatoms. The van der Waals surface area contributed by atoms with Gasteiger partial charge in [0.1, 0.15) is 48.1 Å². The van der Waals surface area contributed by atoms with Crippen LogP contribution in [0.25, 0.3) is 0 Å². The second-order valence-electron chi connectivity index (χ2n) is 17.4. The highest BCUT2D eigenvalue weighted by Crippen LogP contribution is 2.34. The van der Waals surface area contributed by atoms with Gasteiger partial charge in [-0.15, -0.1) is 11.3 Å². The first-order valence-corrected chi connectivity index (χ1v) is 23.5. The molecule has 2 aromatic rings. The van der Waals surface area contributed by atoms with E-state index in [1.54, 1.807) is 19.9 Å². The summed E-state index contributed by atoms with van der Waals surface area (Å²) >= 11 is 13.8. The van der Waals surface area contributed by atoms with Gasteiger partial charge >= 0.3 is 6.18 Å². The molecule has 2 fully saturated rings. The molecule has 6 N–H and O–H groups in total. The van der Waals surface area contributed by atoms with Gasteiger partial charge in [0.05, 0.1) is 12.1 Å². The zero-order valence-electron chi connectivity index (χ0n) is 38.3. The van der Waals surface area contributed by atoms with Gasteiger partial charge in [-0.1, -0.05) is 37.0 Å². The minimum atomic E-state index is -5.50. The van der Waals surface area contributed by atoms with Crippen LogP contribution < -0.4 is 26.6 Å². The van der Waals surface area contributed by atoms with Crippen molar-refractivity contribution in [2.45, 2.75) is 127 Å². The topological polar surface area (TPSA) is 240 Å². The first-order valence-electron chi connectivity index (χ1n) is 21.8. The molecule has 2 saturated heterocycles. The molecule has 8 atom stereocenters. The number of carbonyl (C=O) groups is 8. The van der Waals surface area contributed by atoms with E-state index in [1.807, 2.05) is 0 Å². The molecule has 2 aliphatic heterocycles. The van der Waals surface area contributed by atoms with E-state index in [1.165, 1.54) is 44.0 Å². The molecule has 4 rings (SSSR count). The van der Waals surface area contributed by atoms with Crippen molar-refractivity contribution in [3.05, 3.63) is 50.4 Å². The summed E-state index contributed by atoms with van der Waals surface area (Å²) in [7, 11) is 2.58. The van der Waals surface area contributed by atoms with Crippen LogP contribution in [0.2, 0.25) is 10.0 Å². The Balaban J connectivity index is 1.70. The maximum Gasteiger partial charge on any atom is 0.426 e. The second-order valence-corrected chi connectivity index (χ2v) is 19.0. The highest BCUT2D eigenvalue weighted by molar-refractivity contribution is 7.07. The van der Waals surface area contributed by atoms with Crippen LogP contribution in [-0.4, -0.2) is 160 Å². The summed E-state index contributed by atoms with van der Waals surface area (Å²) in [6.07, 6.45) is -8.39. The van der Waals surface area contributed by atoms with Crippen LogP contribution in [0.3, 0.4) is 0 Å². The van der Waals surface area contributed by atoms with E-state index in [0.717, 1.165) is 21.1 Å². The fourth-order valence-electron chi connectivity index (χ4n) is 7.71. The van der Waals surface area contributed by atoms with Gasteiger partial charge in [0.2, 0.25) is 41.0 Å². The summed E-state index contributed by atoms with van der Waals surface area (Å²) in [6.45, 7) is 3.99. The van der Waals surface area contributed by atoms with Crippen LogP contribution in [0.15, 0.2) is 29.1 Å². The lowest BCUT2D eigenvalue weighted by atomic mass is 9.98. The maximum atomic E-state index is 14.8. The number of nitrogens with zero attached hydrogens (tertiary/aromatic N) is 4. The predicted octanol–water partition coefficient (Wildman–Crippen LogP) is 2.54. The molecule has 2 aliphatic rings. The molecule has 0 saturated carbocycles. The Morgan fingerprint density at radius 3 is 2.38 bits per heavy atom. The number of amides is 8. The molecule has 0 radical (unpaired) electrons. The number of likely N-dealkylation sites (N-methyl/N-ethyl adjacent to an activating group) is 2. The van der Waals surface area contributed by atoms with Crippen molar-refractivity contribution in [3.8, 4) is 0 Å². The Hall–Kier alpha value is -5.13. The van der Waals surface area contributed by atoms with Gasteiger partial charge in [0, 0.05) is 55.5 Å². The number of thiazole rings is 1. The zero-order chi connectivity index (χ0) is 50.8. The summed E-state index contributed by atoms with van der Waals surface area (Å²) in [5, 5.41) is 25.2. The van der Waals surface area contributed by atoms with Crippen molar-refractivity contribution in [1.82, 2.24) is 46.3 Å². The number of alkyl halides is 4. The van der Waals surface area contributed by atoms with Crippen LogP contribution >= 0.6 is 34.5 Å². The third-order valence-corrected chi connectivity index (χ3v) is 12.9. The Kier molecular flexibility index (Phi) is 19.5. The highest BCUT2D eigenvalue weighted by atomic mass is 35.5. The first kappa shape index (κ1) is 55.5. The van der Waals surface area contributed by atoms with Crippen LogP contribution in [0.5, 0.6) is 0 Å². The number of aliphatic hydroxyl groups is 1. The molecule has 0 aliphatic carbocycles. The largest absolute Gasteiger partial charge is 0.426 e.